The Labute approximate surface area is 129 Å². The van der Waals surface area contributed by atoms with Crippen LogP contribution in [0.1, 0.15) is 40.5 Å². The molecule has 118 valence electrons. The molecule has 0 aromatic carbocycles. The van der Waals surface area contributed by atoms with Crippen LogP contribution in [-0.4, -0.2) is 38.6 Å². The van der Waals surface area contributed by atoms with Crippen molar-refractivity contribution < 1.29 is 4.79 Å². The molecule has 22 heavy (non-hydrogen) atoms. The zero-order valence-corrected chi connectivity index (χ0v) is 13.3. The number of carbonyl (C=O) groups is 1. The highest BCUT2D eigenvalue weighted by Gasteiger charge is 2.17. The second-order valence-corrected chi connectivity index (χ2v) is 5.85. The zero-order chi connectivity index (χ0) is 15.7. The third-order valence-electron chi connectivity index (χ3n) is 3.92. The van der Waals surface area contributed by atoms with Gasteiger partial charge < -0.3 is 10.6 Å². The SMILES string of the molecule is Cc1cc(C)n([C@H](C)CNC(=O)c2cc3n(n2)CCNC3)n1. The van der Waals surface area contributed by atoms with E-state index in [1.165, 1.54) is 0 Å². The Morgan fingerprint density at radius 1 is 1.41 bits per heavy atom. The second kappa shape index (κ2) is 5.92. The van der Waals surface area contributed by atoms with Gasteiger partial charge in [-0.05, 0) is 32.9 Å². The van der Waals surface area contributed by atoms with E-state index in [-0.39, 0.29) is 11.9 Å². The highest BCUT2D eigenvalue weighted by molar-refractivity contribution is 5.92. The number of aromatic nitrogens is 4. The van der Waals surface area contributed by atoms with Crippen molar-refractivity contribution in [1.29, 1.82) is 0 Å². The molecule has 0 fully saturated rings. The highest BCUT2D eigenvalue weighted by Crippen LogP contribution is 2.11. The standard InChI is InChI=1S/C15H22N6O/c1-10-6-11(2)21(18-10)12(3)8-17-15(22)14-7-13-9-16-4-5-20(13)19-14/h6-7,12,16H,4-5,8-9H2,1-3H3,(H,17,22)/t12-/m1/s1. The summed E-state index contributed by atoms with van der Waals surface area (Å²) in [6.07, 6.45) is 0. The summed E-state index contributed by atoms with van der Waals surface area (Å²) in [5.41, 5.74) is 3.63. The first-order valence-electron chi connectivity index (χ1n) is 7.63. The Morgan fingerprint density at radius 2 is 2.23 bits per heavy atom. The maximum absolute atomic E-state index is 12.3. The number of hydrogen-bond donors (Lipinski definition) is 2. The van der Waals surface area contributed by atoms with Crippen LogP contribution >= 0.6 is 0 Å². The minimum absolute atomic E-state index is 0.108. The smallest absolute Gasteiger partial charge is 0.271 e. The molecule has 3 heterocycles. The van der Waals surface area contributed by atoms with Gasteiger partial charge in [0.1, 0.15) is 5.69 Å². The minimum atomic E-state index is -0.129. The van der Waals surface area contributed by atoms with Crippen molar-refractivity contribution in [3.8, 4) is 0 Å². The van der Waals surface area contributed by atoms with Gasteiger partial charge in [-0.1, -0.05) is 0 Å². The van der Waals surface area contributed by atoms with Gasteiger partial charge in [-0.25, -0.2) is 0 Å². The van der Waals surface area contributed by atoms with Crippen LogP contribution in [0.2, 0.25) is 0 Å². The molecule has 1 aliphatic rings. The number of amides is 1. The predicted octanol–water partition coefficient (Wildman–Crippen LogP) is 0.791. The number of fused-ring (bicyclic) bond motifs is 1. The van der Waals surface area contributed by atoms with Gasteiger partial charge in [0.2, 0.25) is 0 Å². The van der Waals surface area contributed by atoms with E-state index in [1.807, 2.05) is 42.3 Å². The van der Waals surface area contributed by atoms with E-state index in [9.17, 15) is 4.79 Å². The Balaban J connectivity index is 1.62. The Bertz CT molecular complexity index is 663. The van der Waals surface area contributed by atoms with Crippen LogP contribution in [-0.2, 0) is 13.1 Å². The summed E-state index contributed by atoms with van der Waals surface area (Å²) in [5, 5.41) is 15.0. The molecule has 0 saturated carbocycles. The van der Waals surface area contributed by atoms with Crippen LogP contribution in [0.3, 0.4) is 0 Å². The van der Waals surface area contributed by atoms with Crippen LogP contribution in [0.5, 0.6) is 0 Å². The maximum atomic E-state index is 12.3. The van der Waals surface area contributed by atoms with Gasteiger partial charge in [0, 0.05) is 25.3 Å². The molecule has 7 heteroatoms. The lowest BCUT2D eigenvalue weighted by atomic mass is 10.3. The van der Waals surface area contributed by atoms with Gasteiger partial charge in [-0.15, -0.1) is 0 Å². The normalized spacial score (nSPS) is 15.4. The topological polar surface area (TPSA) is 76.8 Å². The third-order valence-corrected chi connectivity index (χ3v) is 3.92. The van der Waals surface area contributed by atoms with Gasteiger partial charge >= 0.3 is 0 Å². The van der Waals surface area contributed by atoms with Gasteiger partial charge in [0.15, 0.2) is 0 Å². The summed E-state index contributed by atoms with van der Waals surface area (Å²) in [4.78, 5) is 12.3. The van der Waals surface area contributed by atoms with Crippen LogP contribution in [0.25, 0.3) is 0 Å². The van der Waals surface area contributed by atoms with E-state index in [2.05, 4.69) is 20.8 Å². The van der Waals surface area contributed by atoms with Crippen LogP contribution in [0.15, 0.2) is 12.1 Å². The number of aryl methyl sites for hydroxylation is 2. The largest absolute Gasteiger partial charge is 0.349 e. The summed E-state index contributed by atoms with van der Waals surface area (Å²) >= 11 is 0. The average molecular weight is 302 g/mol. The molecule has 7 nitrogen and oxygen atoms in total. The summed E-state index contributed by atoms with van der Waals surface area (Å²) in [6, 6.07) is 4.00. The first-order chi connectivity index (χ1) is 10.5. The molecule has 1 aliphatic heterocycles. The molecule has 0 radical (unpaired) electrons. The lowest BCUT2D eigenvalue weighted by Gasteiger charge is -2.14. The molecule has 1 amide bonds. The summed E-state index contributed by atoms with van der Waals surface area (Å²) in [7, 11) is 0. The minimum Gasteiger partial charge on any atom is -0.349 e. The van der Waals surface area contributed by atoms with Crippen LogP contribution < -0.4 is 10.6 Å². The maximum Gasteiger partial charge on any atom is 0.271 e. The highest BCUT2D eigenvalue weighted by atomic mass is 16.1. The molecule has 1 atom stereocenters. The molecule has 0 bridgehead atoms. The molecule has 0 unspecified atom stereocenters. The van der Waals surface area contributed by atoms with Crippen molar-refractivity contribution in [1.82, 2.24) is 30.2 Å². The van der Waals surface area contributed by atoms with Gasteiger partial charge in [0.25, 0.3) is 5.91 Å². The zero-order valence-electron chi connectivity index (χ0n) is 13.3. The van der Waals surface area contributed by atoms with Crippen LogP contribution in [0.4, 0.5) is 0 Å². The van der Waals surface area contributed by atoms with E-state index >= 15 is 0 Å². The lowest BCUT2D eigenvalue weighted by molar-refractivity contribution is 0.0942. The van der Waals surface area contributed by atoms with E-state index in [0.717, 1.165) is 36.7 Å². The predicted molar refractivity (Wildman–Crippen MR) is 82.7 cm³/mol. The second-order valence-electron chi connectivity index (χ2n) is 5.85. The molecule has 3 rings (SSSR count). The van der Waals surface area contributed by atoms with Gasteiger partial charge in [0.05, 0.1) is 24.0 Å². The molecular weight excluding hydrogens is 280 g/mol. The van der Waals surface area contributed by atoms with E-state index in [4.69, 9.17) is 0 Å². The molecule has 0 spiro atoms. The van der Waals surface area contributed by atoms with Crippen LogP contribution in [0, 0.1) is 13.8 Å². The first-order valence-corrected chi connectivity index (χ1v) is 7.63. The lowest BCUT2D eigenvalue weighted by Crippen LogP contribution is -2.31. The summed E-state index contributed by atoms with van der Waals surface area (Å²) < 4.78 is 3.84. The Morgan fingerprint density at radius 3 is 2.91 bits per heavy atom. The average Bonchev–Trinajstić information content (AvgIpc) is 3.07. The Hall–Kier alpha value is -2.15. The number of hydrogen-bond acceptors (Lipinski definition) is 4. The summed E-state index contributed by atoms with van der Waals surface area (Å²) in [5.74, 6) is -0.129. The van der Waals surface area contributed by atoms with Crippen molar-refractivity contribution in [3.63, 3.8) is 0 Å². The van der Waals surface area contributed by atoms with Crippen molar-refractivity contribution in [3.05, 3.63) is 34.9 Å². The number of nitrogens with zero attached hydrogens (tertiary/aromatic N) is 4. The van der Waals surface area contributed by atoms with Crippen molar-refractivity contribution >= 4 is 5.91 Å². The molecule has 2 aromatic rings. The number of rotatable bonds is 4. The van der Waals surface area contributed by atoms with Gasteiger partial charge in [-0.3, -0.25) is 14.2 Å². The fraction of sp³-hybridized carbons (Fsp3) is 0.533. The van der Waals surface area contributed by atoms with Crippen molar-refractivity contribution in [2.75, 3.05) is 13.1 Å². The van der Waals surface area contributed by atoms with Crippen molar-refractivity contribution in [2.45, 2.75) is 39.9 Å². The van der Waals surface area contributed by atoms with Crippen molar-refractivity contribution in [2.24, 2.45) is 0 Å². The fourth-order valence-electron chi connectivity index (χ4n) is 2.81. The third kappa shape index (κ3) is 2.89. The number of carbonyl (C=O) groups excluding carboxylic acids is 1. The molecule has 0 aliphatic carbocycles. The Kier molecular flexibility index (Phi) is 3.98. The van der Waals surface area contributed by atoms with E-state index in [1.54, 1.807) is 0 Å². The molecule has 2 aromatic heterocycles. The first kappa shape index (κ1) is 14.8. The molecular formula is C15H22N6O. The quantitative estimate of drug-likeness (QED) is 0.875. The fourth-order valence-corrected chi connectivity index (χ4v) is 2.81. The molecule has 0 saturated heterocycles. The monoisotopic (exact) mass is 302 g/mol. The van der Waals surface area contributed by atoms with E-state index < -0.39 is 0 Å². The van der Waals surface area contributed by atoms with Gasteiger partial charge in [-0.2, -0.15) is 10.2 Å². The molecule has 2 N–H and O–H groups in total. The summed E-state index contributed by atoms with van der Waals surface area (Å²) in [6.45, 7) is 9.04. The van der Waals surface area contributed by atoms with E-state index in [0.29, 0.717) is 12.2 Å². The number of nitrogens with one attached hydrogen (secondary N) is 2.